The van der Waals surface area contributed by atoms with Gasteiger partial charge in [0.05, 0.1) is 0 Å². The minimum atomic E-state index is -0.223. The van der Waals surface area contributed by atoms with Crippen molar-refractivity contribution in [1.29, 1.82) is 0 Å². The number of aryl methyl sites for hydroxylation is 1. The number of rotatable bonds is 3. The number of piperazine rings is 1. The minimum absolute atomic E-state index is 0.0563. The van der Waals surface area contributed by atoms with Crippen LogP contribution in [-0.4, -0.2) is 40.9 Å². The number of carbonyl (C=O) groups excluding carboxylic acids is 1. The Labute approximate surface area is 178 Å². The molecule has 2 heterocycles. The van der Waals surface area contributed by atoms with E-state index in [-0.39, 0.29) is 23.8 Å². The highest BCUT2D eigenvalue weighted by Gasteiger charge is 2.33. The number of hydrogen-bond donors (Lipinski definition) is 0. The van der Waals surface area contributed by atoms with Crippen LogP contribution in [0.4, 0.5) is 4.39 Å². The van der Waals surface area contributed by atoms with E-state index in [1.165, 1.54) is 12.1 Å². The summed E-state index contributed by atoms with van der Waals surface area (Å²) in [7, 11) is 0. The van der Waals surface area contributed by atoms with Gasteiger partial charge in [-0.15, -0.1) is 0 Å². The van der Waals surface area contributed by atoms with Crippen LogP contribution in [0.5, 0.6) is 0 Å². The summed E-state index contributed by atoms with van der Waals surface area (Å²) >= 11 is 3.53. The first-order valence-corrected chi connectivity index (χ1v) is 10.6. The van der Waals surface area contributed by atoms with Crippen molar-refractivity contribution in [1.82, 2.24) is 9.80 Å². The van der Waals surface area contributed by atoms with Crippen molar-refractivity contribution in [3.8, 4) is 0 Å². The number of carbonyl (C=O) groups is 1. The molecule has 6 heteroatoms. The van der Waals surface area contributed by atoms with Crippen LogP contribution in [0.3, 0.4) is 0 Å². The molecule has 0 spiro atoms. The summed E-state index contributed by atoms with van der Waals surface area (Å²) in [6.07, 6.45) is 0. The Bertz CT molecular complexity index is 1010. The largest absolute Gasteiger partial charge is 0.451 e. The molecule has 0 unspecified atom stereocenters. The summed E-state index contributed by atoms with van der Waals surface area (Å²) in [5.41, 5.74) is 2.87. The zero-order valence-electron chi connectivity index (χ0n) is 16.8. The summed E-state index contributed by atoms with van der Waals surface area (Å²) in [5, 5.41) is 0.918. The summed E-state index contributed by atoms with van der Waals surface area (Å²) in [6, 6.07) is 12.6. The number of hydrogen-bond acceptors (Lipinski definition) is 3. The van der Waals surface area contributed by atoms with Gasteiger partial charge in [0.25, 0.3) is 5.91 Å². The van der Waals surface area contributed by atoms with Crippen molar-refractivity contribution in [2.45, 2.75) is 39.4 Å². The molecule has 1 amide bonds. The van der Waals surface area contributed by atoms with Crippen LogP contribution < -0.4 is 0 Å². The van der Waals surface area contributed by atoms with Crippen molar-refractivity contribution in [3.63, 3.8) is 0 Å². The monoisotopic (exact) mass is 458 g/mol. The fourth-order valence-electron chi connectivity index (χ4n) is 3.93. The van der Waals surface area contributed by atoms with Crippen molar-refractivity contribution < 1.29 is 13.6 Å². The maximum absolute atomic E-state index is 13.2. The second-order valence-corrected chi connectivity index (χ2v) is 8.82. The van der Waals surface area contributed by atoms with E-state index in [1.54, 1.807) is 0 Å². The Morgan fingerprint density at radius 2 is 1.86 bits per heavy atom. The van der Waals surface area contributed by atoms with Gasteiger partial charge >= 0.3 is 0 Å². The molecule has 0 radical (unpaired) electrons. The normalized spacial score (nSPS) is 20.4. The standard InChI is InChI=1S/C23H24BrFN2O2/c1-14-8-21-18(9-20(14)24)10-22(29-21)23(28)27-12-15(2)26(11-16(27)3)13-17-4-6-19(25)7-5-17/h4-10,15-16H,11-13H2,1-3H3/t15-,16+/m0/s1. The Kier molecular flexibility index (Phi) is 5.49. The maximum Gasteiger partial charge on any atom is 0.289 e. The molecule has 4 rings (SSSR count). The molecule has 2 aromatic carbocycles. The number of nitrogens with zero attached hydrogens (tertiary/aromatic N) is 2. The highest BCUT2D eigenvalue weighted by molar-refractivity contribution is 9.10. The predicted molar refractivity (Wildman–Crippen MR) is 115 cm³/mol. The second-order valence-electron chi connectivity index (χ2n) is 7.96. The number of benzene rings is 2. The molecule has 1 aliphatic rings. The third kappa shape index (κ3) is 4.09. The van der Waals surface area contributed by atoms with Crippen LogP contribution in [0.15, 0.2) is 51.4 Å². The van der Waals surface area contributed by atoms with Gasteiger partial charge in [0.1, 0.15) is 11.4 Å². The SMILES string of the molecule is Cc1cc2oc(C(=O)N3C[C@H](C)N(Cc4ccc(F)cc4)C[C@H]3C)cc2cc1Br. The first-order valence-electron chi connectivity index (χ1n) is 9.81. The van der Waals surface area contributed by atoms with Gasteiger partial charge < -0.3 is 9.32 Å². The summed E-state index contributed by atoms with van der Waals surface area (Å²) < 4.78 is 20.0. The number of halogens is 2. The van der Waals surface area contributed by atoms with E-state index in [0.29, 0.717) is 12.3 Å². The Balaban J connectivity index is 1.49. The Morgan fingerprint density at radius 3 is 2.59 bits per heavy atom. The maximum atomic E-state index is 13.2. The predicted octanol–water partition coefficient (Wildman–Crippen LogP) is 5.38. The Morgan fingerprint density at radius 1 is 1.14 bits per heavy atom. The van der Waals surface area contributed by atoms with E-state index in [1.807, 2.05) is 42.2 Å². The minimum Gasteiger partial charge on any atom is -0.451 e. The van der Waals surface area contributed by atoms with Crippen LogP contribution >= 0.6 is 15.9 Å². The molecule has 1 aliphatic heterocycles. The lowest BCUT2D eigenvalue weighted by molar-refractivity contribution is 0.0269. The molecule has 0 saturated carbocycles. The molecule has 2 atom stereocenters. The molecule has 152 valence electrons. The van der Waals surface area contributed by atoms with Gasteiger partial charge in [-0.05, 0) is 62.2 Å². The first-order chi connectivity index (χ1) is 13.8. The molecule has 1 fully saturated rings. The highest BCUT2D eigenvalue weighted by Crippen LogP contribution is 2.28. The lowest BCUT2D eigenvalue weighted by Crippen LogP contribution is -2.57. The Hall–Kier alpha value is -2.18. The van der Waals surface area contributed by atoms with Crippen molar-refractivity contribution in [3.05, 3.63) is 69.6 Å². The third-order valence-corrected chi connectivity index (χ3v) is 6.54. The second kappa shape index (κ2) is 7.92. The summed E-state index contributed by atoms with van der Waals surface area (Å²) in [5.74, 6) is 0.0814. The first kappa shape index (κ1) is 20.1. The van der Waals surface area contributed by atoms with Crippen LogP contribution in [0.1, 0.15) is 35.5 Å². The van der Waals surface area contributed by atoms with Gasteiger partial charge in [-0.1, -0.05) is 28.1 Å². The number of fused-ring (bicyclic) bond motifs is 1. The van der Waals surface area contributed by atoms with E-state index >= 15 is 0 Å². The van der Waals surface area contributed by atoms with Crippen molar-refractivity contribution in [2.24, 2.45) is 0 Å². The summed E-state index contributed by atoms with van der Waals surface area (Å²) in [6.45, 7) is 8.30. The van der Waals surface area contributed by atoms with E-state index in [4.69, 9.17) is 4.42 Å². The summed E-state index contributed by atoms with van der Waals surface area (Å²) in [4.78, 5) is 17.4. The molecule has 29 heavy (non-hydrogen) atoms. The van der Waals surface area contributed by atoms with E-state index in [2.05, 4.69) is 34.7 Å². The van der Waals surface area contributed by atoms with E-state index in [0.717, 1.165) is 39.7 Å². The molecular weight excluding hydrogens is 435 g/mol. The fraction of sp³-hybridized carbons (Fsp3) is 0.348. The smallest absolute Gasteiger partial charge is 0.289 e. The van der Waals surface area contributed by atoms with Gasteiger partial charge in [-0.2, -0.15) is 0 Å². The van der Waals surface area contributed by atoms with Crippen LogP contribution in [0.2, 0.25) is 0 Å². The van der Waals surface area contributed by atoms with Gasteiger partial charge in [0.15, 0.2) is 5.76 Å². The molecule has 4 nitrogen and oxygen atoms in total. The molecule has 0 N–H and O–H groups in total. The zero-order chi connectivity index (χ0) is 20.7. The van der Waals surface area contributed by atoms with Crippen LogP contribution in [0.25, 0.3) is 11.0 Å². The van der Waals surface area contributed by atoms with Gasteiger partial charge in [-0.25, -0.2) is 4.39 Å². The van der Waals surface area contributed by atoms with E-state index in [9.17, 15) is 9.18 Å². The van der Waals surface area contributed by atoms with Crippen molar-refractivity contribution >= 4 is 32.8 Å². The van der Waals surface area contributed by atoms with E-state index < -0.39 is 0 Å². The molecule has 0 aliphatic carbocycles. The molecular formula is C23H24BrFN2O2. The van der Waals surface area contributed by atoms with Gasteiger partial charge in [-0.3, -0.25) is 9.69 Å². The lowest BCUT2D eigenvalue weighted by Gasteiger charge is -2.43. The number of furan rings is 1. The highest BCUT2D eigenvalue weighted by atomic mass is 79.9. The molecule has 0 bridgehead atoms. The van der Waals surface area contributed by atoms with Gasteiger partial charge in [0.2, 0.25) is 0 Å². The molecule has 1 aromatic heterocycles. The third-order valence-electron chi connectivity index (χ3n) is 5.68. The number of amides is 1. The molecule has 3 aromatic rings. The molecule has 1 saturated heterocycles. The van der Waals surface area contributed by atoms with Crippen LogP contribution in [0, 0.1) is 12.7 Å². The quantitative estimate of drug-likeness (QED) is 0.528. The fourth-order valence-corrected chi connectivity index (χ4v) is 4.29. The average molecular weight is 459 g/mol. The average Bonchev–Trinajstić information content (AvgIpc) is 3.08. The lowest BCUT2D eigenvalue weighted by atomic mass is 10.1. The van der Waals surface area contributed by atoms with Crippen molar-refractivity contribution in [2.75, 3.05) is 13.1 Å². The zero-order valence-corrected chi connectivity index (χ0v) is 18.4. The topological polar surface area (TPSA) is 36.7 Å². The van der Waals surface area contributed by atoms with Crippen LogP contribution in [-0.2, 0) is 6.54 Å². The van der Waals surface area contributed by atoms with Gasteiger partial charge in [0, 0.05) is 41.6 Å².